The fourth-order valence-electron chi connectivity index (χ4n) is 2.62. The van der Waals surface area contributed by atoms with E-state index in [1.165, 1.54) is 11.3 Å². The fourth-order valence-corrected chi connectivity index (χ4v) is 3.70. The Bertz CT molecular complexity index is 644. The Kier molecular flexibility index (Phi) is 3.87. The Hall–Kier alpha value is -1.24. The Morgan fingerprint density at radius 1 is 1.50 bits per heavy atom. The predicted octanol–water partition coefficient (Wildman–Crippen LogP) is 2.18. The number of likely N-dealkylation sites (tertiary alicyclic amines) is 1. The maximum Gasteiger partial charge on any atom is 0.234 e. The van der Waals surface area contributed by atoms with E-state index in [9.17, 15) is 4.79 Å². The van der Waals surface area contributed by atoms with Crippen molar-refractivity contribution in [2.45, 2.75) is 31.8 Å². The first-order valence-corrected chi connectivity index (χ1v) is 7.84. The molecule has 1 aliphatic heterocycles. The predicted molar refractivity (Wildman–Crippen MR) is 79.7 cm³/mol. The maximum atomic E-state index is 11.5. The lowest BCUT2D eigenvalue weighted by Crippen LogP contribution is -2.47. The van der Waals surface area contributed by atoms with Crippen LogP contribution in [0, 0.1) is 0 Å². The third-order valence-corrected chi connectivity index (χ3v) is 4.71. The first-order valence-electron chi connectivity index (χ1n) is 6.58. The quantitative estimate of drug-likeness (QED) is 0.882. The summed E-state index contributed by atoms with van der Waals surface area (Å²) in [6.07, 6.45) is 2.92. The summed E-state index contributed by atoms with van der Waals surface area (Å²) in [6, 6.07) is 1.70. The molecule has 0 bridgehead atoms. The van der Waals surface area contributed by atoms with Crippen LogP contribution in [0.1, 0.15) is 25.1 Å². The third kappa shape index (κ3) is 2.63. The van der Waals surface area contributed by atoms with Gasteiger partial charge >= 0.3 is 0 Å². The second kappa shape index (κ2) is 5.63. The standard InChI is InChI=1S/C13H15ClN4OS/c14-11-8-4-6-20-13(8)17-10(16-11)7-18-5-2-1-3-9(18)12(15)19/h4,6,9H,1-3,5,7H2,(H2,15,19). The molecule has 2 N–H and O–H groups in total. The molecule has 1 unspecified atom stereocenters. The first-order chi connectivity index (χ1) is 9.65. The van der Waals surface area contributed by atoms with Crippen molar-refractivity contribution in [3.63, 3.8) is 0 Å². The van der Waals surface area contributed by atoms with E-state index in [-0.39, 0.29) is 11.9 Å². The number of primary amides is 1. The van der Waals surface area contributed by atoms with E-state index in [1.54, 1.807) is 0 Å². The lowest BCUT2D eigenvalue weighted by atomic mass is 10.0. The molecular weight excluding hydrogens is 296 g/mol. The number of nitrogens with zero attached hydrogens (tertiary/aromatic N) is 3. The Morgan fingerprint density at radius 3 is 3.15 bits per heavy atom. The van der Waals surface area contributed by atoms with Crippen LogP contribution in [0.3, 0.4) is 0 Å². The average molecular weight is 311 g/mol. The van der Waals surface area contributed by atoms with Crippen LogP contribution >= 0.6 is 22.9 Å². The zero-order chi connectivity index (χ0) is 14.1. The van der Waals surface area contributed by atoms with E-state index in [1.807, 2.05) is 11.4 Å². The van der Waals surface area contributed by atoms with Gasteiger partial charge in [0.25, 0.3) is 0 Å². The lowest BCUT2D eigenvalue weighted by Gasteiger charge is -2.32. The molecule has 2 aromatic rings. The molecule has 0 aromatic carbocycles. The largest absolute Gasteiger partial charge is 0.368 e. The second-order valence-electron chi connectivity index (χ2n) is 4.95. The SMILES string of the molecule is NC(=O)C1CCCCN1Cc1nc(Cl)c2ccsc2n1. The summed E-state index contributed by atoms with van der Waals surface area (Å²) in [5.41, 5.74) is 5.47. The molecule has 2 aromatic heterocycles. The van der Waals surface area contributed by atoms with E-state index in [4.69, 9.17) is 17.3 Å². The van der Waals surface area contributed by atoms with Crippen LogP contribution in [0.25, 0.3) is 10.2 Å². The van der Waals surface area contributed by atoms with E-state index < -0.39 is 0 Å². The van der Waals surface area contributed by atoms with Crippen molar-refractivity contribution >= 4 is 39.1 Å². The summed E-state index contributed by atoms with van der Waals surface area (Å²) in [5.74, 6) is 0.381. The van der Waals surface area contributed by atoms with Gasteiger partial charge in [0.05, 0.1) is 12.6 Å². The topological polar surface area (TPSA) is 72.1 Å². The first kappa shape index (κ1) is 13.7. The molecule has 7 heteroatoms. The van der Waals surface area contributed by atoms with Crippen molar-refractivity contribution < 1.29 is 4.79 Å². The van der Waals surface area contributed by atoms with Gasteiger partial charge in [0.1, 0.15) is 15.8 Å². The molecule has 0 radical (unpaired) electrons. The molecule has 3 rings (SSSR count). The van der Waals surface area contributed by atoms with Crippen LogP contribution in [0.15, 0.2) is 11.4 Å². The molecular formula is C13H15ClN4OS. The van der Waals surface area contributed by atoms with Crippen LogP contribution in [-0.2, 0) is 11.3 Å². The summed E-state index contributed by atoms with van der Waals surface area (Å²) in [7, 11) is 0. The molecule has 0 saturated carbocycles. The van der Waals surface area contributed by atoms with Crippen LogP contribution < -0.4 is 5.73 Å². The molecule has 1 saturated heterocycles. The van der Waals surface area contributed by atoms with Crippen molar-refractivity contribution in [1.29, 1.82) is 0 Å². The monoisotopic (exact) mass is 310 g/mol. The van der Waals surface area contributed by atoms with Crippen LogP contribution in [0.4, 0.5) is 0 Å². The van der Waals surface area contributed by atoms with E-state index >= 15 is 0 Å². The van der Waals surface area contributed by atoms with Crippen molar-refractivity contribution in [2.24, 2.45) is 5.73 Å². The number of rotatable bonds is 3. The summed E-state index contributed by atoms with van der Waals surface area (Å²) in [6.45, 7) is 1.36. The summed E-state index contributed by atoms with van der Waals surface area (Å²) in [5, 5.41) is 3.30. The number of amides is 1. The van der Waals surface area contributed by atoms with E-state index in [0.717, 1.165) is 36.0 Å². The average Bonchev–Trinajstić information content (AvgIpc) is 2.88. The molecule has 0 aliphatic carbocycles. The van der Waals surface area contributed by atoms with Gasteiger partial charge in [-0.05, 0) is 30.8 Å². The number of hydrogen-bond acceptors (Lipinski definition) is 5. The summed E-state index contributed by atoms with van der Waals surface area (Å²) >= 11 is 7.70. The Morgan fingerprint density at radius 2 is 2.35 bits per heavy atom. The van der Waals surface area contributed by atoms with Gasteiger partial charge in [0, 0.05) is 5.39 Å². The highest BCUT2D eigenvalue weighted by molar-refractivity contribution is 7.16. The number of fused-ring (bicyclic) bond motifs is 1. The highest BCUT2D eigenvalue weighted by atomic mass is 35.5. The number of aromatic nitrogens is 2. The molecule has 1 atom stereocenters. The molecule has 1 amide bonds. The van der Waals surface area contributed by atoms with Crippen LogP contribution in [0.5, 0.6) is 0 Å². The number of halogens is 1. The number of thiophene rings is 1. The molecule has 20 heavy (non-hydrogen) atoms. The van der Waals surface area contributed by atoms with Gasteiger partial charge in [-0.25, -0.2) is 9.97 Å². The van der Waals surface area contributed by atoms with E-state index in [0.29, 0.717) is 17.5 Å². The third-order valence-electron chi connectivity index (χ3n) is 3.61. The Labute approximate surface area is 125 Å². The number of carbonyl (C=O) groups excluding carboxylic acids is 1. The molecule has 0 spiro atoms. The second-order valence-corrected chi connectivity index (χ2v) is 6.21. The van der Waals surface area contributed by atoms with Crippen molar-refractivity contribution in [3.05, 3.63) is 22.4 Å². The zero-order valence-electron chi connectivity index (χ0n) is 10.9. The summed E-state index contributed by atoms with van der Waals surface area (Å²) < 4.78 is 0. The lowest BCUT2D eigenvalue weighted by molar-refractivity contribution is -0.124. The maximum absolute atomic E-state index is 11.5. The minimum absolute atomic E-state index is 0.217. The zero-order valence-corrected chi connectivity index (χ0v) is 12.5. The number of hydrogen-bond donors (Lipinski definition) is 1. The number of nitrogens with two attached hydrogens (primary N) is 1. The van der Waals surface area contributed by atoms with Gasteiger partial charge in [0.2, 0.25) is 5.91 Å². The molecule has 3 heterocycles. The van der Waals surface area contributed by atoms with Gasteiger partial charge in [-0.15, -0.1) is 11.3 Å². The van der Waals surface area contributed by atoms with Gasteiger partial charge in [-0.1, -0.05) is 18.0 Å². The smallest absolute Gasteiger partial charge is 0.234 e. The van der Waals surface area contributed by atoms with Crippen molar-refractivity contribution in [1.82, 2.24) is 14.9 Å². The molecule has 5 nitrogen and oxygen atoms in total. The van der Waals surface area contributed by atoms with Gasteiger partial charge in [0.15, 0.2) is 0 Å². The normalized spacial score (nSPS) is 20.4. The summed E-state index contributed by atoms with van der Waals surface area (Å²) in [4.78, 5) is 23.3. The van der Waals surface area contributed by atoms with Crippen molar-refractivity contribution in [2.75, 3.05) is 6.54 Å². The van der Waals surface area contributed by atoms with Crippen LogP contribution in [-0.4, -0.2) is 33.4 Å². The number of carbonyl (C=O) groups is 1. The Balaban J connectivity index is 1.85. The van der Waals surface area contributed by atoms with Crippen molar-refractivity contribution in [3.8, 4) is 0 Å². The highest BCUT2D eigenvalue weighted by Crippen LogP contribution is 2.26. The minimum atomic E-state index is -0.270. The highest BCUT2D eigenvalue weighted by Gasteiger charge is 2.27. The van der Waals surface area contributed by atoms with Gasteiger partial charge < -0.3 is 5.73 Å². The molecule has 106 valence electrons. The fraction of sp³-hybridized carbons (Fsp3) is 0.462. The molecule has 1 fully saturated rings. The van der Waals surface area contributed by atoms with E-state index in [2.05, 4.69) is 14.9 Å². The minimum Gasteiger partial charge on any atom is -0.368 e. The molecule has 1 aliphatic rings. The van der Waals surface area contributed by atoms with Crippen LogP contribution in [0.2, 0.25) is 5.15 Å². The number of piperidine rings is 1. The van der Waals surface area contributed by atoms with Gasteiger partial charge in [-0.2, -0.15) is 0 Å². The van der Waals surface area contributed by atoms with Gasteiger partial charge in [-0.3, -0.25) is 9.69 Å².